The normalized spacial score (nSPS) is 11.2. The third kappa shape index (κ3) is 5.46. The Labute approximate surface area is 176 Å². The number of carbonyl (C=O) groups is 1. The van der Waals surface area contributed by atoms with Crippen LogP contribution in [0.15, 0.2) is 9.59 Å². The number of nitrogen functional groups attached to an aromatic ring is 1. The molecule has 2 aromatic heterocycles. The molecule has 0 aliphatic rings. The highest BCUT2D eigenvalue weighted by Crippen LogP contribution is 2.14. The van der Waals surface area contributed by atoms with Crippen molar-refractivity contribution in [3.63, 3.8) is 0 Å². The number of ether oxygens (including phenoxy) is 1. The Hall–Kier alpha value is -2.71. The van der Waals surface area contributed by atoms with E-state index in [2.05, 4.69) is 23.8 Å². The molecule has 9 nitrogen and oxygen atoms in total. The summed E-state index contributed by atoms with van der Waals surface area (Å²) in [5, 5.41) is 0. The highest BCUT2D eigenvalue weighted by molar-refractivity contribution is 5.94. The topological polar surface area (TPSA) is 122 Å². The van der Waals surface area contributed by atoms with E-state index in [1.54, 1.807) is 6.92 Å². The molecule has 9 heteroatoms. The van der Waals surface area contributed by atoms with Gasteiger partial charge in [0.15, 0.2) is 22.7 Å². The molecule has 2 rings (SSSR count). The highest BCUT2D eigenvalue weighted by Gasteiger charge is 2.21. The first kappa shape index (κ1) is 23.6. The molecule has 2 aromatic rings. The van der Waals surface area contributed by atoms with Gasteiger partial charge in [0.2, 0.25) is 0 Å². The summed E-state index contributed by atoms with van der Waals surface area (Å²) < 4.78 is 7.64. The van der Waals surface area contributed by atoms with Crippen molar-refractivity contribution in [2.75, 3.05) is 12.3 Å². The van der Waals surface area contributed by atoms with Gasteiger partial charge in [-0.3, -0.25) is 13.9 Å². The van der Waals surface area contributed by atoms with Crippen molar-refractivity contribution in [1.82, 2.24) is 19.1 Å². The molecule has 0 spiro atoms. The van der Waals surface area contributed by atoms with Crippen LogP contribution in [0.1, 0.15) is 82.6 Å². The summed E-state index contributed by atoms with van der Waals surface area (Å²) in [5.74, 6) is -0.887. The van der Waals surface area contributed by atoms with Crippen LogP contribution in [0.4, 0.5) is 5.82 Å². The van der Waals surface area contributed by atoms with Gasteiger partial charge in [-0.2, -0.15) is 0 Å². The fourth-order valence-corrected chi connectivity index (χ4v) is 3.36. The first-order chi connectivity index (χ1) is 14.5. The lowest BCUT2D eigenvalue weighted by Crippen LogP contribution is -2.41. The third-order valence-electron chi connectivity index (χ3n) is 5.01. The largest absolute Gasteiger partial charge is 0.461 e. The predicted octanol–water partition coefficient (Wildman–Crippen LogP) is 2.87. The lowest BCUT2D eigenvalue weighted by molar-refractivity contribution is 0.0521. The van der Waals surface area contributed by atoms with E-state index in [-0.39, 0.29) is 29.3 Å². The van der Waals surface area contributed by atoms with Crippen molar-refractivity contribution >= 4 is 23.0 Å². The van der Waals surface area contributed by atoms with Crippen LogP contribution in [-0.2, 0) is 17.8 Å². The molecule has 0 bridgehead atoms. The summed E-state index contributed by atoms with van der Waals surface area (Å²) in [6, 6.07) is 0. The number of aromatic nitrogens is 4. The first-order valence-electron chi connectivity index (χ1n) is 10.9. The van der Waals surface area contributed by atoms with Gasteiger partial charge in [0, 0.05) is 13.1 Å². The molecule has 0 aliphatic heterocycles. The Bertz CT molecular complexity index is 980. The average molecular weight is 420 g/mol. The molecule has 0 atom stereocenters. The summed E-state index contributed by atoms with van der Waals surface area (Å²) in [5.41, 5.74) is 4.86. The molecule has 0 fully saturated rings. The van der Waals surface area contributed by atoms with E-state index in [0.29, 0.717) is 13.1 Å². The second-order valence-electron chi connectivity index (χ2n) is 7.36. The van der Waals surface area contributed by atoms with Crippen LogP contribution in [-0.4, -0.2) is 31.7 Å². The number of nitrogens with zero attached hydrogens (tertiary/aromatic N) is 4. The second-order valence-corrected chi connectivity index (χ2v) is 7.36. The number of anilines is 1. The number of nitrogens with two attached hydrogens (primary N) is 1. The fourth-order valence-electron chi connectivity index (χ4n) is 3.36. The van der Waals surface area contributed by atoms with Crippen LogP contribution in [0, 0.1) is 0 Å². The van der Waals surface area contributed by atoms with Crippen molar-refractivity contribution in [2.45, 2.75) is 85.2 Å². The van der Waals surface area contributed by atoms with Crippen LogP contribution in [0.3, 0.4) is 0 Å². The van der Waals surface area contributed by atoms with Gasteiger partial charge in [-0.25, -0.2) is 19.6 Å². The molecule has 0 unspecified atom stereocenters. The smallest absolute Gasteiger partial charge is 0.360 e. The van der Waals surface area contributed by atoms with Crippen molar-refractivity contribution in [3.8, 4) is 0 Å². The minimum atomic E-state index is -0.737. The minimum Gasteiger partial charge on any atom is -0.461 e. The number of fused-ring (bicyclic) bond motifs is 1. The second kappa shape index (κ2) is 11.5. The summed E-state index contributed by atoms with van der Waals surface area (Å²) >= 11 is 0. The monoisotopic (exact) mass is 419 g/mol. The number of aryl methyl sites for hydroxylation is 1. The van der Waals surface area contributed by atoms with Crippen LogP contribution < -0.4 is 17.0 Å². The lowest BCUT2D eigenvalue weighted by atomic mass is 10.2. The van der Waals surface area contributed by atoms with Crippen LogP contribution in [0.5, 0.6) is 0 Å². The Morgan fingerprint density at radius 1 is 0.900 bits per heavy atom. The zero-order valence-corrected chi connectivity index (χ0v) is 18.3. The average Bonchev–Trinajstić information content (AvgIpc) is 2.72. The van der Waals surface area contributed by atoms with E-state index in [1.807, 2.05) is 0 Å². The summed E-state index contributed by atoms with van der Waals surface area (Å²) in [4.78, 5) is 46.7. The van der Waals surface area contributed by atoms with Gasteiger partial charge in [-0.05, 0) is 19.8 Å². The molecule has 2 heterocycles. The van der Waals surface area contributed by atoms with Gasteiger partial charge in [-0.1, -0.05) is 52.4 Å². The Morgan fingerprint density at radius 3 is 2.07 bits per heavy atom. The molecule has 0 radical (unpaired) electrons. The zero-order chi connectivity index (χ0) is 22.1. The van der Waals surface area contributed by atoms with Crippen molar-refractivity contribution < 1.29 is 9.53 Å². The number of hydrogen-bond acceptors (Lipinski definition) is 7. The molecule has 0 aliphatic carbocycles. The first-order valence-corrected chi connectivity index (χ1v) is 10.9. The molecule has 2 N–H and O–H groups in total. The van der Waals surface area contributed by atoms with Gasteiger partial charge in [0.25, 0.3) is 5.56 Å². The van der Waals surface area contributed by atoms with Gasteiger partial charge < -0.3 is 10.5 Å². The van der Waals surface area contributed by atoms with Crippen molar-refractivity contribution in [3.05, 3.63) is 26.5 Å². The summed E-state index contributed by atoms with van der Waals surface area (Å²) in [6.45, 7) is 6.75. The Kier molecular flexibility index (Phi) is 9.01. The summed E-state index contributed by atoms with van der Waals surface area (Å²) in [7, 11) is 0. The van der Waals surface area contributed by atoms with Gasteiger partial charge in [-0.15, -0.1) is 0 Å². The number of esters is 1. The Morgan fingerprint density at radius 2 is 1.50 bits per heavy atom. The Balaban J connectivity index is 2.58. The standard InChI is InChI=1S/C21H33N5O4/c1-4-7-9-11-13-25-18-16(23-15(17(22)24-18)20(28)30-6-3)19(27)26(21(25)29)14-12-10-8-5-2/h4-14H2,1-3H3,(H2,22,24). The molecular formula is C21H33N5O4. The van der Waals surface area contributed by atoms with Gasteiger partial charge in [0.05, 0.1) is 6.61 Å². The van der Waals surface area contributed by atoms with E-state index in [1.165, 1.54) is 9.13 Å². The van der Waals surface area contributed by atoms with Crippen LogP contribution in [0.2, 0.25) is 0 Å². The molecule has 166 valence electrons. The van der Waals surface area contributed by atoms with Gasteiger partial charge >= 0.3 is 11.7 Å². The minimum absolute atomic E-state index is 0.0298. The van der Waals surface area contributed by atoms with E-state index in [0.717, 1.165) is 51.4 Å². The molecule has 0 saturated heterocycles. The predicted molar refractivity (Wildman–Crippen MR) is 117 cm³/mol. The van der Waals surface area contributed by atoms with E-state index in [4.69, 9.17) is 10.5 Å². The number of unbranched alkanes of at least 4 members (excludes halogenated alkanes) is 6. The highest BCUT2D eigenvalue weighted by atomic mass is 16.5. The number of rotatable bonds is 12. The van der Waals surface area contributed by atoms with E-state index in [9.17, 15) is 14.4 Å². The van der Waals surface area contributed by atoms with Crippen LogP contribution in [0.25, 0.3) is 11.2 Å². The summed E-state index contributed by atoms with van der Waals surface area (Å²) in [6.07, 6.45) is 7.61. The van der Waals surface area contributed by atoms with E-state index < -0.39 is 17.2 Å². The maximum Gasteiger partial charge on any atom is 0.360 e. The molecule has 0 saturated carbocycles. The van der Waals surface area contributed by atoms with Crippen LogP contribution >= 0.6 is 0 Å². The SMILES string of the molecule is CCCCCCn1c(=O)c2nc(C(=O)OCC)c(N)nc2n(CCCCCC)c1=O. The number of carbonyl (C=O) groups excluding carboxylic acids is 1. The quantitative estimate of drug-likeness (QED) is 0.414. The molecule has 30 heavy (non-hydrogen) atoms. The molecule has 0 amide bonds. The molecular weight excluding hydrogens is 386 g/mol. The maximum atomic E-state index is 13.1. The maximum absolute atomic E-state index is 13.1. The zero-order valence-electron chi connectivity index (χ0n) is 18.3. The third-order valence-corrected chi connectivity index (χ3v) is 5.01. The lowest BCUT2D eigenvalue weighted by Gasteiger charge is -2.14. The van der Waals surface area contributed by atoms with Gasteiger partial charge in [0.1, 0.15) is 0 Å². The van der Waals surface area contributed by atoms with E-state index >= 15 is 0 Å². The van der Waals surface area contributed by atoms with Crippen molar-refractivity contribution in [2.24, 2.45) is 0 Å². The van der Waals surface area contributed by atoms with Crippen molar-refractivity contribution in [1.29, 1.82) is 0 Å². The fraction of sp³-hybridized carbons (Fsp3) is 0.667. The molecule has 0 aromatic carbocycles. The number of hydrogen-bond donors (Lipinski definition) is 1.